The molecule has 11 heterocycles. The molecule has 0 aliphatic carbocycles. The van der Waals surface area contributed by atoms with Crippen molar-refractivity contribution in [3.05, 3.63) is 26.4 Å². The molecule has 37 atom stereocenters. The number of esters is 1. The highest BCUT2D eigenvalue weighted by Crippen LogP contribution is 2.53. The number of rotatable bonds is 22. The lowest BCUT2D eigenvalue weighted by atomic mass is 9.85. The SMILES string of the molecule is COCC1OC(OC2OCC3OC4(OCC(O)(C(C)OC)C5OCOC54)OC3C2OC)C(OC)C(O)C1OC1OC(C)C(OC)C(OC2OC(C)C3OC4(CC(O)C(OC5CC(OC6CC(C)([NH+]([O-])O)C(OC)C(C)O6)C(OC(=O)c6c(C)c(Cl)c(O)c(Cl)c6OC)C(C)O5)C(C)O4)OC3(C)C2O)C1O. The molecule has 0 amide bonds. The van der Waals surface area contributed by atoms with Crippen LogP contribution in [0.3, 0.4) is 0 Å². The van der Waals surface area contributed by atoms with E-state index in [9.17, 15) is 45.8 Å². The summed E-state index contributed by atoms with van der Waals surface area (Å²) < 4.78 is 167. The fraction of sp³-hybridized carbons (Fsp3) is 0.894. The van der Waals surface area contributed by atoms with E-state index in [1.165, 1.54) is 63.6 Å². The third kappa shape index (κ3) is 14.8. The summed E-state index contributed by atoms with van der Waals surface area (Å²) in [6, 6.07) is 0. The maximum atomic E-state index is 14.3. The minimum atomic E-state index is -2.04. The molecule has 11 saturated heterocycles. The van der Waals surface area contributed by atoms with Gasteiger partial charge in [-0.05, 0) is 67.9 Å². The molecule has 12 rings (SSSR count). The molecule has 1 aromatic carbocycles. The minimum absolute atomic E-state index is 0.0882. The van der Waals surface area contributed by atoms with Gasteiger partial charge in [-0.1, -0.05) is 23.2 Å². The van der Waals surface area contributed by atoms with E-state index in [1.54, 1.807) is 48.5 Å². The van der Waals surface area contributed by atoms with Crippen molar-refractivity contribution in [1.29, 1.82) is 0 Å². The molecule has 11 fully saturated rings. The Labute approximate surface area is 615 Å². The van der Waals surface area contributed by atoms with Gasteiger partial charge in [0, 0.05) is 49.1 Å². The maximum Gasteiger partial charge on any atom is 0.342 e. The Morgan fingerprint density at radius 3 is 2.00 bits per heavy atom. The molecule has 105 heavy (non-hydrogen) atoms. The number of hydrogen-bond donors (Lipinski definition) is 8. The lowest BCUT2D eigenvalue weighted by Crippen LogP contribution is -3.16. The minimum Gasteiger partial charge on any atom is -0.600 e. The summed E-state index contributed by atoms with van der Waals surface area (Å²) in [5.41, 5.74) is -4.94. The van der Waals surface area contributed by atoms with Crippen LogP contribution in [-0.4, -0.2) is 337 Å². The van der Waals surface area contributed by atoms with Crippen molar-refractivity contribution in [2.24, 2.45) is 0 Å². The fourth-order valence-corrected chi connectivity index (χ4v) is 17.1. The largest absolute Gasteiger partial charge is 0.600 e. The smallest absolute Gasteiger partial charge is 0.342 e. The number of hydrogen-bond acceptors (Lipinski definition) is 36. The van der Waals surface area contributed by atoms with Crippen LogP contribution in [0.4, 0.5) is 0 Å². The van der Waals surface area contributed by atoms with Gasteiger partial charge in [-0.25, -0.2) is 15.2 Å². The number of benzene rings is 1. The summed E-state index contributed by atoms with van der Waals surface area (Å²) >= 11 is 12.8. The van der Waals surface area contributed by atoms with Gasteiger partial charge in [-0.3, -0.25) is 0 Å². The van der Waals surface area contributed by atoms with E-state index >= 15 is 0 Å². The highest BCUT2D eigenvalue weighted by Gasteiger charge is 2.72. The lowest BCUT2D eigenvalue weighted by Gasteiger charge is -2.50. The van der Waals surface area contributed by atoms with Crippen LogP contribution in [0.2, 0.25) is 10.0 Å². The average Bonchev–Trinajstić information content (AvgIpc) is 1.57. The van der Waals surface area contributed by atoms with Gasteiger partial charge in [0.1, 0.15) is 126 Å². The number of methoxy groups -OCH3 is 7. The summed E-state index contributed by atoms with van der Waals surface area (Å²) in [5.74, 6) is -5.60. The number of aliphatic hydroxyl groups is 5. The van der Waals surface area contributed by atoms with Gasteiger partial charge in [0.25, 0.3) is 5.97 Å². The molecule has 2 spiro atoms. The molecule has 39 heteroatoms. The number of nitrogens with one attached hydrogen (secondary N) is 1. The third-order valence-corrected chi connectivity index (χ3v) is 23.1. The second-order valence-corrected chi connectivity index (χ2v) is 29.6. The second-order valence-electron chi connectivity index (χ2n) is 28.9. The first-order valence-corrected chi connectivity index (χ1v) is 35.7. The molecule has 37 unspecified atom stereocenters. The van der Waals surface area contributed by atoms with Crippen molar-refractivity contribution in [3.63, 3.8) is 0 Å². The van der Waals surface area contributed by atoms with Gasteiger partial charge in [-0.15, -0.1) is 0 Å². The van der Waals surface area contributed by atoms with Crippen LogP contribution in [0.1, 0.15) is 90.6 Å². The van der Waals surface area contributed by atoms with Gasteiger partial charge in [0.05, 0.1) is 87.5 Å². The normalized spacial score (nSPS) is 49.1. The van der Waals surface area contributed by atoms with E-state index in [0.717, 1.165) is 0 Å². The summed E-state index contributed by atoms with van der Waals surface area (Å²) in [4.78, 5) is 14.3. The lowest BCUT2D eigenvalue weighted by molar-refractivity contribution is -1.09. The third-order valence-electron chi connectivity index (χ3n) is 22.3. The summed E-state index contributed by atoms with van der Waals surface area (Å²) in [6.45, 7) is 13.5. The van der Waals surface area contributed by atoms with Crippen LogP contribution >= 0.6 is 23.2 Å². The van der Waals surface area contributed by atoms with E-state index in [1.807, 2.05) is 0 Å². The number of carbonyl (C=O) groups is 1. The average molecular weight is 1560 g/mol. The Balaban J connectivity index is 0.697. The van der Waals surface area contributed by atoms with Crippen molar-refractivity contribution < 1.29 is 174 Å². The fourth-order valence-electron chi connectivity index (χ4n) is 16.6. The van der Waals surface area contributed by atoms with Crippen LogP contribution in [0.15, 0.2) is 0 Å². The standard InChI is InChI=1S/C66H101Cl2NO36/c1-24-37(48(82-13)39(68)40(71)38(24)67)57(75)97-44-25(2)90-35(17-32(44)94-36-19-62(8,69(77)78)53(85-16)28(5)91-36)96-43-27(4)101-65(18-31(43)70)104-54-29(6)93-61(52(74)63(54,9)105-65)99-49-42(73)58(92-26(3)45(49)81-12)98-46-33(20-79-10)95-60(50(83-14)41(46)72)100-59-51(84-15)47-34(21-86-59)102-66(103-47)56-55(87-23-88-56)64(76,22-89-66)30(7)80-11/h25-36,41-47,49-56,58-61,69-74,76-77H,17-23H2,1-16H3. The number of aromatic hydroxyl groups is 1. The molecule has 0 bridgehead atoms. The van der Waals surface area contributed by atoms with Gasteiger partial charge in [0.15, 0.2) is 67.0 Å². The number of phenols is 1. The molecule has 37 nitrogen and oxygen atoms in total. The zero-order chi connectivity index (χ0) is 76.1. The van der Waals surface area contributed by atoms with Crippen LogP contribution in [0.5, 0.6) is 11.5 Å². The molecule has 11 aliphatic heterocycles. The first-order chi connectivity index (χ1) is 49.7. The van der Waals surface area contributed by atoms with Crippen molar-refractivity contribution in [2.75, 3.05) is 76.4 Å². The first-order valence-electron chi connectivity index (χ1n) is 34.9. The number of ether oxygens (including phenoxy) is 27. The van der Waals surface area contributed by atoms with Gasteiger partial charge in [0.2, 0.25) is 0 Å². The number of fused-ring (bicyclic) bond motifs is 4. The van der Waals surface area contributed by atoms with Crippen LogP contribution in [-0.2, 0) is 123 Å². The molecule has 11 aliphatic rings. The van der Waals surface area contributed by atoms with Crippen molar-refractivity contribution >= 4 is 29.2 Å². The predicted molar refractivity (Wildman–Crippen MR) is 345 cm³/mol. The number of phenolic OH excluding ortho intramolecular Hbond substituents is 1. The van der Waals surface area contributed by atoms with Crippen molar-refractivity contribution in [2.45, 2.75) is 301 Å². The quantitative estimate of drug-likeness (QED) is 0.0522. The monoisotopic (exact) mass is 1550 g/mol. The van der Waals surface area contributed by atoms with E-state index in [-0.39, 0.29) is 66.4 Å². The highest BCUT2D eigenvalue weighted by atomic mass is 35.5. The predicted octanol–water partition coefficient (Wildman–Crippen LogP) is -0.768. The molecule has 1 aromatic rings. The molecule has 0 saturated carbocycles. The van der Waals surface area contributed by atoms with E-state index in [2.05, 4.69) is 0 Å². The van der Waals surface area contributed by atoms with Crippen LogP contribution < -0.4 is 9.96 Å². The Bertz CT molecular complexity index is 3130. The van der Waals surface area contributed by atoms with E-state index in [0.29, 0.717) is 0 Å². The van der Waals surface area contributed by atoms with Crippen LogP contribution in [0.25, 0.3) is 0 Å². The summed E-state index contributed by atoms with van der Waals surface area (Å²) in [7, 11) is 9.58. The first kappa shape index (κ1) is 82.0. The topological polar surface area (TPSA) is 435 Å². The number of carbonyl (C=O) groups excluding carboxylic acids is 1. The van der Waals surface area contributed by atoms with Gasteiger partial charge < -0.3 is 164 Å². The van der Waals surface area contributed by atoms with E-state index < -0.39 is 242 Å². The number of aliphatic hydroxyl groups excluding tert-OH is 4. The van der Waals surface area contributed by atoms with Crippen molar-refractivity contribution in [1.82, 2.24) is 0 Å². The Morgan fingerprint density at radius 1 is 0.667 bits per heavy atom. The Kier molecular flexibility index (Phi) is 25.2. The molecule has 600 valence electrons. The summed E-state index contributed by atoms with van der Waals surface area (Å²) in [6.07, 6.45) is -37.5. The molecule has 8 N–H and O–H groups in total. The highest BCUT2D eigenvalue weighted by molar-refractivity contribution is 6.39. The number of hydroxylamine groups is 2. The molecule has 0 radical (unpaired) electrons. The molecular weight excluding hydrogens is 1450 g/mol. The zero-order valence-electron chi connectivity index (χ0n) is 61.1. The van der Waals surface area contributed by atoms with Gasteiger partial charge >= 0.3 is 11.9 Å². The van der Waals surface area contributed by atoms with Crippen molar-refractivity contribution in [3.8, 4) is 11.5 Å². The Hall–Kier alpha value is -2.45. The molecule has 0 aromatic heterocycles. The number of quaternary nitrogens is 1. The maximum absolute atomic E-state index is 14.3. The molecular formula is C66H101Cl2NO36. The van der Waals surface area contributed by atoms with Gasteiger partial charge in [-0.2, -0.15) is 0 Å². The van der Waals surface area contributed by atoms with Crippen LogP contribution in [0, 0.1) is 12.1 Å². The van der Waals surface area contributed by atoms with E-state index in [4.69, 9.17) is 151 Å². The number of halogens is 2. The summed E-state index contributed by atoms with van der Waals surface area (Å²) in [5, 5.41) is 93.1. The second kappa shape index (κ2) is 32.2. The zero-order valence-corrected chi connectivity index (χ0v) is 62.6. The Morgan fingerprint density at radius 2 is 1.34 bits per heavy atom.